The van der Waals surface area contributed by atoms with Gasteiger partial charge in [-0.3, -0.25) is 13.9 Å². The van der Waals surface area contributed by atoms with Gasteiger partial charge in [0.1, 0.15) is 18.3 Å². The molecule has 0 saturated heterocycles. The second-order valence-corrected chi connectivity index (χ2v) is 10.1. The maximum Gasteiger partial charge on any atom is 0.244 e. The minimum atomic E-state index is -3.87. The third-order valence-electron chi connectivity index (χ3n) is 4.84. The number of hydrogen-bond donors (Lipinski definition) is 1. The molecule has 0 radical (unpaired) electrons. The fourth-order valence-electron chi connectivity index (χ4n) is 3.13. The summed E-state index contributed by atoms with van der Waals surface area (Å²) < 4.78 is 31.1. The Morgan fingerprint density at radius 2 is 1.67 bits per heavy atom. The van der Waals surface area contributed by atoms with E-state index in [9.17, 15) is 18.0 Å². The minimum absolute atomic E-state index is 0.0923. The third kappa shape index (κ3) is 7.52. The Bertz CT molecular complexity index is 1070. The number of hydrogen-bond acceptors (Lipinski definition) is 5. The van der Waals surface area contributed by atoms with Crippen molar-refractivity contribution in [2.75, 3.05) is 30.8 Å². The molecule has 0 saturated carbocycles. The van der Waals surface area contributed by atoms with Crippen LogP contribution in [-0.2, 0) is 26.2 Å². The number of rotatable bonds is 10. The molecule has 2 aromatic carbocycles. The molecule has 2 amide bonds. The first-order valence-electron chi connectivity index (χ1n) is 10.1. The van der Waals surface area contributed by atoms with Crippen LogP contribution in [0.2, 0.25) is 10.0 Å². The van der Waals surface area contributed by atoms with E-state index in [0.717, 1.165) is 16.1 Å². The number of nitrogens with one attached hydrogen (secondary N) is 1. The Hall–Kier alpha value is -2.49. The summed E-state index contributed by atoms with van der Waals surface area (Å²) in [5, 5.41) is 3.15. The van der Waals surface area contributed by atoms with Crippen LogP contribution in [0.3, 0.4) is 0 Å². The molecule has 2 aromatic rings. The van der Waals surface area contributed by atoms with E-state index >= 15 is 0 Å². The second kappa shape index (κ2) is 11.6. The molecule has 0 aliphatic rings. The number of likely N-dealkylation sites (N-methyl/N-ethyl adjacent to an activating group) is 1. The molecule has 0 aliphatic heterocycles. The van der Waals surface area contributed by atoms with Gasteiger partial charge in [0.25, 0.3) is 0 Å². The van der Waals surface area contributed by atoms with Gasteiger partial charge in [-0.05, 0) is 49.7 Å². The molecule has 0 spiro atoms. The largest absolute Gasteiger partial charge is 0.497 e. The quantitative estimate of drug-likeness (QED) is 0.523. The topological polar surface area (TPSA) is 96.0 Å². The lowest BCUT2D eigenvalue weighted by molar-refractivity contribution is -0.139. The third-order valence-corrected chi connectivity index (χ3v) is 6.42. The van der Waals surface area contributed by atoms with Crippen molar-refractivity contribution in [1.82, 2.24) is 10.2 Å². The molecule has 0 heterocycles. The Labute approximate surface area is 204 Å². The lowest BCUT2D eigenvalue weighted by Gasteiger charge is -2.31. The van der Waals surface area contributed by atoms with Gasteiger partial charge in [-0.1, -0.05) is 35.3 Å². The van der Waals surface area contributed by atoms with E-state index in [1.807, 2.05) is 0 Å². The summed E-state index contributed by atoms with van der Waals surface area (Å²) in [7, 11) is -2.32. The highest BCUT2D eigenvalue weighted by atomic mass is 35.5. The normalized spacial score (nSPS) is 12.1. The van der Waals surface area contributed by atoms with E-state index in [2.05, 4.69) is 5.32 Å². The van der Waals surface area contributed by atoms with Crippen molar-refractivity contribution in [2.24, 2.45) is 0 Å². The summed E-state index contributed by atoms with van der Waals surface area (Å²) in [5.41, 5.74) is 0.899. The highest BCUT2D eigenvalue weighted by molar-refractivity contribution is 7.92. The summed E-state index contributed by atoms with van der Waals surface area (Å²) in [6.45, 7) is 3.32. The highest BCUT2D eigenvalue weighted by Crippen LogP contribution is 2.27. The lowest BCUT2D eigenvalue weighted by atomic mass is 10.1. The van der Waals surface area contributed by atoms with Gasteiger partial charge >= 0.3 is 0 Å². The van der Waals surface area contributed by atoms with Crippen molar-refractivity contribution >= 4 is 50.7 Å². The van der Waals surface area contributed by atoms with Crippen molar-refractivity contribution < 1.29 is 22.7 Å². The number of carbonyl (C=O) groups is 2. The summed E-state index contributed by atoms with van der Waals surface area (Å²) >= 11 is 12.1. The molecule has 8 nitrogen and oxygen atoms in total. The number of sulfonamides is 1. The van der Waals surface area contributed by atoms with Crippen molar-refractivity contribution in [2.45, 2.75) is 26.4 Å². The van der Waals surface area contributed by atoms with Crippen LogP contribution >= 0.6 is 23.2 Å². The van der Waals surface area contributed by atoms with Gasteiger partial charge in [0, 0.05) is 23.1 Å². The molecule has 0 aliphatic carbocycles. The van der Waals surface area contributed by atoms with Crippen molar-refractivity contribution in [3.8, 4) is 5.75 Å². The Morgan fingerprint density at radius 1 is 1.09 bits per heavy atom. The average Bonchev–Trinajstić information content (AvgIpc) is 2.74. The molecule has 0 unspecified atom stereocenters. The van der Waals surface area contributed by atoms with E-state index in [4.69, 9.17) is 27.9 Å². The van der Waals surface area contributed by atoms with Gasteiger partial charge in [0.05, 0.1) is 19.1 Å². The SMILES string of the molecule is CCNC(=O)[C@@H](C)N(Cc1ccc(OC)cc1)C(=O)CN(c1cc(Cl)cc(Cl)c1)S(C)(=O)=O. The molecule has 180 valence electrons. The first-order valence-corrected chi connectivity index (χ1v) is 12.7. The van der Waals surface area contributed by atoms with Crippen LogP contribution in [0.4, 0.5) is 5.69 Å². The van der Waals surface area contributed by atoms with Gasteiger partial charge in [0.15, 0.2) is 0 Å². The Kier molecular flexibility index (Phi) is 9.39. The zero-order chi connectivity index (χ0) is 24.8. The molecular weight excluding hydrogens is 489 g/mol. The number of methoxy groups -OCH3 is 1. The van der Waals surface area contributed by atoms with E-state index in [-0.39, 0.29) is 28.2 Å². The predicted molar refractivity (Wildman–Crippen MR) is 130 cm³/mol. The van der Waals surface area contributed by atoms with E-state index in [1.165, 1.54) is 23.1 Å². The van der Waals surface area contributed by atoms with Crippen LogP contribution in [0.25, 0.3) is 0 Å². The van der Waals surface area contributed by atoms with Crippen molar-refractivity contribution in [3.05, 3.63) is 58.1 Å². The molecule has 2 rings (SSSR count). The van der Waals surface area contributed by atoms with Gasteiger partial charge in [-0.15, -0.1) is 0 Å². The summed E-state index contributed by atoms with van der Waals surface area (Å²) in [5.74, 6) is -0.267. The molecule has 1 atom stereocenters. The van der Waals surface area contributed by atoms with Crippen molar-refractivity contribution in [1.29, 1.82) is 0 Å². The molecule has 0 fully saturated rings. The molecule has 33 heavy (non-hydrogen) atoms. The van der Waals surface area contributed by atoms with Crippen LogP contribution < -0.4 is 14.4 Å². The lowest BCUT2D eigenvalue weighted by Crippen LogP contribution is -2.51. The first-order chi connectivity index (χ1) is 15.5. The number of ether oxygens (including phenoxy) is 1. The fourth-order valence-corrected chi connectivity index (χ4v) is 4.48. The smallest absolute Gasteiger partial charge is 0.244 e. The summed E-state index contributed by atoms with van der Waals surface area (Å²) in [6, 6.07) is 10.5. The molecule has 11 heteroatoms. The number of halogens is 2. The number of anilines is 1. The van der Waals surface area contributed by atoms with E-state index in [0.29, 0.717) is 12.3 Å². The Morgan fingerprint density at radius 3 is 2.15 bits per heavy atom. The van der Waals surface area contributed by atoms with E-state index < -0.39 is 28.5 Å². The molecular formula is C22H27Cl2N3O5S. The van der Waals surface area contributed by atoms with E-state index in [1.54, 1.807) is 45.2 Å². The van der Waals surface area contributed by atoms with Crippen LogP contribution in [-0.4, -0.2) is 57.6 Å². The van der Waals surface area contributed by atoms with Gasteiger partial charge in [-0.25, -0.2) is 8.42 Å². The van der Waals surface area contributed by atoms with Crippen molar-refractivity contribution in [3.63, 3.8) is 0 Å². The zero-order valence-electron chi connectivity index (χ0n) is 18.8. The number of benzene rings is 2. The zero-order valence-corrected chi connectivity index (χ0v) is 21.2. The summed E-state index contributed by atoms with van der Waals surface area (Å²) in [6.07, 6.45) is 0.982. The molecule has 1 N–H and O–H groups in total. The average molecular weight is 516 g/mol. The number of carbonyl (C=O) groups excluding carboxylic acids is 2. The van der Waals surface area contributed by atoms with Crippen LogP contribution in [0.5, 0.6) is 5.75 Å². The maximum absolute atomic E-state index is 13.4. The minimum Gasteiger partial charge on any atom is -0.497 e. The number of nitrogens with zero attached hydrogens (tertiary/aromatic N) is 2. The van der Waals surface area contributed by atoms with Gasteiger partial charge < -0.3 is 15.0 Å². The summed E-state index contributed by atoms with van der Waals surface area (Å²) in [4.78, 5) is 27.2. The maximum atomic E-state index is 13.4. The predicted octanol–water partition coefficient (Wildman–Crippen LogP) is 3.32. The van der Waals surface area contributed by atoms with Gasteiger partial charge in [0.2, 0.25) is 21.8 Å². The standard InChI is InChI=1S/C22H27Cl2N3O5S/c1-5-25-22(29)15(2)26(13-16-6-8-20(32-3)9-7-16)21(28)14-27(33(4,30)31)19-11-17(23)10-18(24)12-19/h6-12,15H,5,13-14H2,1-4H3,(H,25,29)/t15-/m1/s1. The monoisotopic (exact) mass is 515 g/mol. The molecule has 0 bridgehead atoms. The number of amides is 2. The fraction of sp³-hybridized carbons (Fsp3) is 0.364. The van der Waals surface area contributed by atoms with Crippen LogP contribution in [0.1, 0.15) is 19.4 Å². The van der Waals surface area contributed by atoms with Gasteiger partial charge in [-0.2, -0.15) is 0 Å². The highest BCUT2D eigenvalue weighted by Gasteiger charge is 2.30. The van der Waals surface area contributed by atoms with Crippen LogP contribution in [0.15, 0.2) is 42.5 Å². The van der Waals surface area contributed by atoms with Crippen LogP contribution in [0, 0.1) is 0 Å². The second-order valence-electron chi connectivity index (χ2n) is 7.34. The first kappa shape index (κ1) is 26.8. The molecule has 0 aromatic heterocycles. The Balaban J connectivity index is 2.40.